The van der Waals surface area contributed by atoms with Crippen LogP contribution in [-0.4, -0.2) is 23.5 Å². The molecule has 0 aliphatic carbocycles. The molecule has 0 bridgehead atoms. The van der Waals surface area contributed by atoms with Gasteiger partial charge in [-0.3, -0.25) is 4.79 Å². The van der Waals surface area contributed by atoms with E-state index in [1.54, 1.807) is 42.5 Å². The van der Waals surface area contributed by atoms with Crippen LogP contribution in [0.25, 0.3) is 10.2 Å². The lowest BCUT2D eigenvalue weighted by Gasteiger charge is -2.14. The average Bonchev–Trinajstić information content (AvgIpc) is 3.05. The zero-order valence-electron chi connectivity index (χ0n) is 13.7. The van der Waals surface area contributed by atoms with Crippen LogP contribution in [0.5, 0.6) is 5.75 Å². The van der Waals surface area contributed by atoms with Gasteiger partial charge in [-0.25, -0.2) is 4.98 Å². The molecule has 6 heteroatoms. The minimum absolute atomic E-state index is 0.175. The van der Waals surface area contributed by atoms with E-state index in [0.29, 0.717) is 24.3 Å². The Morgan fingerprint density at radius 2 is 2.04 bits per heavy atom. The van der Waals surface area contributed by atoms with Crippen LogP contribution >= 0.6 is 11.3 Å². The average molecular weight is 351 g/mol. The second kappa shape index (κ2) is 7.77. The fourth-order valence-corrected chi connectivity index (χ4v) is 3.30. The maximum atomic E-state index is 12.1. The first-order valence-electron chi connectivity index (χ1n) is 7.94. The predicted molar refractivity (Wildman–Crippen MR) is 97.6 cm³/mol. The number of ether oxygens (including phenoxy) is 1. The third-order valence-electron chi connectivity index (χ3n) is 3.64. The van der Waals surface area contributed by atoms with Crippen molar-refractivity contribution in [2.24, 2.45) is 0 Å². The van der Waals surface area contributed by atoms with Crippen LogP contribution in [0.1, 0.15) is 17.5 Å². The van der Waals surface area contributed by atoms with Crippen molar-refractivity contribution in [1.29, 1.82) is 5.26 Å². The molecule has 3 aromatic rings. The molecule has 5 nitrogen and oxygen atoms in total. The number of fused-ring (bicyclic) bond motifs is 1. The molecule has 0 spiro atoms. The van der Waals surface area contributed by atoms with Gasteiger partial charge in [0.1, 0.15) is 5.75 Å². The summed E-state index contributed by atoms with van der Waals surface area (Å²) in [7, 11) is 0. The number of benzene rings is 2. The van der Waals surface area contributed by atoms with Crippen molar-refractivity contribution in [3.63, 3.8) is 0 Å². The van der Waals surface area contributed by atoms with Crippen LogP contribution in [0, 0.1) is 11.3 Å². The minimum atomic E-state index is -0.608. The van der Waals surface area contributed by atoms with E-state index in [1.165, 1.54) is 0 Å². The van der Waals surface area contributed by atoms with Gasteiger partial charge in [0, 0.05) is 13.0 Å². The van der Waals surface area contributed by atoms with Gasteiger partial charge in [-0.05, 0) is 43.3 Å². The monoisotopic (exact) mass is 351 g/mol. The summed E-state index contributed by atoms with van der Waals surface area (Å²) in [6.45, 7) is 2.21. The van der Waals surface area contributed by atoms with Gasteiger partial charge in [0.2, 0.25) is 0 Å². The number of hydrogen-bond acceptors (Lipinski definition) is 5. The van der Waals surface area contributed by atoms with Gasteiger partial charge in [0.25, 0.3) is 5.91 Å². The van der Waals surface area contributed by atoms with E-state index in [0.717, 1.165) is 15.2 Å². The first-order valence-corrected chi connectivity index (χ1v) is 8.76. The topological polar surface area (TPSA) is 75.0 Å². The number of rotatable bonds is 6. The van der Waals surface area contributed by atoms with Crippen molar-refractivity contribution >= 4 is 27.5 Å². The minimum Gasteiger partial charge on any atom is -0.481 e. The quantitative estimate of drug-likeness (QED) is 0.739. The lowest BCUT2D eigenvalue weighted by Crippen LogP contribution is -2.37. The number of nitriles is 1. The second-order valence-electron chi connectivity index (χ2n) is 5.51. The van der Waals surface area contributed by atoms with E-state index >= 15 is 0 Å². The summed E-state index contributed by atoms with van der Waals surface area (Å²) in [6, 6.07) is 16.7. The summed E-state index contributed by atoms with van der Waals surface area (Å²) in [6.07, 6.45) is 0.0811. The zero-order chi connectivity index (χ0) is 17.6. The van der Waals surface area contributed by atoms with Gasteiger partial charge in [-0.15, -0.1) is 11.3 Å². The largest absolute Gasteiger partial charge is 0.481 e. The molecule has 126 valence electrons. The van der Waals surface area contributed by atoms with E-state index in [-0.39, 0.29) is 5.91 Å². The number of amides is 1. The highest BCUT2D eigenvalue weighted by Gasteiger charge is 2.14. The van der Waals surface area contributed by atoms with Crippen molar-refractivity contribution in [3.05, 3.63) is 59.1 Å². The van der Waals surface area contributed by atoms with Gasteiger partial charge in [0.15, 0.2) is 6.10 Å². The molecule has 2 aromatic carbocycles. The third kappa shape index (κ3) is 4.34. The Labute approximate surface area is 149 Å². The standard InChI is InChI=1S/C19H17N3O2S/c1-13(24-15-8-6-14(12-20)7-9-15)19(23)21-11-10-18-22-16-4-2-3-5-17(16)25-18/h2-9,13H,10-11H2,1H3,(H,21,23). The smallest absolute Gasteiger partial charge is 0.260 e. The maximum absolute atomic E-state index is 12.1. The SMILES string of the molecule is CC(Oc1ccc(C#N)cc1)C(=O)NCCc1nc2ccccc2s1. The van der Waals surface area contributed by atoms with Crippen molar-refractivity contribution in [1.82, 2.24) is 10.3 Å². The molecule has 0 aliphatic rings. The normalized spacial score (nSPS) is 11.7. The fraction of sp³-hybridized carbons (Fsp3) is 0.211. The number of aromatic nitrogens is 1. The van der Waals surface area contributed by atoms with E-state index in [4.69, 9.17) is 10.00 Å². The number of para-hydroxylation sites is 1. The molecular weight excluding hydrogens is 334 g/mol. The van der Waals surface area contributed by atoms with E-state index in [2.05, 4.69) is 10.3 Å². The second-order valence-corrected chi connectivity index (χ2v) is 6.63. The highest BCUT2D eigenvalue weighted by atomic mass is 32.1. The summed E-state index contributed by atoms with van der Waals surface area (Å²) in [5.74, 6) is 0.387. The predicted octanol–water partition coefficient (Wildman–Crippen LogP) is 3.29. The van der Waals surface area contributed by atoms with Gasteiger partial charge >= 0.3 is 0 Å². The van der Waals surface area contributed by atoms with Crippen molar-refractivity contribution < 1.29 is 9.53 Å². The number of carbonyl (C=O) groups is 1. The van der Waals surface area contributed by atoms with Crippen LogP contribution < -0.4 is 10.1 Å². The summed E-state index contributed by atoms with van der Waals surface area (Å²) in [4.78, 5) is 16.7. The molecule has 1 unspecified atom stereocenters. The van der Waals surface area contributed by atoms with Crippen LogP contribution in [0.2, 0.25) is 0 Å². The molecule has 1 heterocycles. The molecule has 0 radical (unpaired) electrons. The summed E-state index contributed by atoms with van der Waals surface area (Å²) < 4.78 is 6.75. The molecule has 0 fully saturated rings. The Morgan fingerprint density at radius 3 is 2.76 bits per heavy atom. The summed E-state index contributed by atoms with van der Waals surface area (Å²) in [5.41, 5.74) is 1.55. The van der Waals surface area contributed by atoms with Crippen molar-refractivity contribution in [2.75, 3.05) is 6.54 Å². The molecule has 0 saturated carbocycles. The molecule has 25 heavy (non-hydrogen) atoms. The highest BCUT2D eigenvalue weighted by Crippen LogP contribution is 2.21. The number of nitrogens with one attached hydrogen (secondary N) is 1. The summed E-state index contributed by atoms with van der Waals surface area (Å²) in [5, 5.41) is 12.6. The van der Waals surface area contributed by atoms with Crippen LogP contribution in [0.15, 0.2) is 48.5 Å². The van der Waals surface area contributed by atoms with Crippen molar-refractivity contribution in [2.45, 2.75) is 19.4 Å². The Kier molecular flexibility index (Phi) is 5.26. The number of nitrogens with zero attached hydrogens (tertiary/aromatic N) is 2. The molecule has 1 N–H and O–H groups in total. The Hall–Kier alpha value is -2.91. The van der Waals surface area contributed by atoms with E-state index in [9.17, 15) is 4.79 Å². The molecule has 3 rings (SSSR count). The van der Waals surface area contributed by atoms with Gasteiger partial charge in [-0.2, -0.15) is 5.26 Å². The Morgan fingerprint density at radius 1 is 1.28 bits per heavy atom. The van der Waals surface area contributed by atoms with Gasteiger partial charge < -0.3 is 10.1 Å². The molecular formula is C19H17N3O2S. The van der Waals surface area contributed by atoms with E-state index in [1.807, 2.05) is 30.3 Å². The zero-order valence-corrected chi connectivity index (χ0v) is 14.5. The van der Waals surface area contributed by atoms with Crippen LogP contribution in [0.3, 0.4) is 0 Å². The molecule has 1 amide bonds. The molecule has 0 aliphatic heterocycles. The molecule has 0 saturated heterocycles. The third-order valence-corrected chi connectivity index (χ3v) is 4.74. The number of hydrogen-bond donors (Lipinski definition) is 1. The Balaban J connectivity index is 1.48. The summed E-state index contributed by atoms with van der Waals surface area (Å²) >= 11 is 1.64. The van der Waals surface area contributed by atoms with Gasteiger partial charge in [-0.1, -0.05) is 12.1 Å². The van der Waals surface area contributed by atoms with E-state index < -0.39 is 6.10 Å². The molecule has 1 atom stereocenters. The van der Waals surface area contributed by atoms with Gasteiger partial charge in [0.05, 0.1) is 26.9 Å². The maximum Gasteiger partial charge on any atom is 0.260 e. The lowest BCUT2D eigenvalue weighted by molar-refractivity contribution is -0.127. The van der Waals surface area contributed by atoms with Crippen LogP contribution in [-0.2, 0) is 11.2 Å². The highest BCUT2D eigenvalue weighted by molar-refractivity contribution is 7.18. The van der Waals surface area contributed by atoms with Crippen molar-refractivity contribution in [3.8, 4) is 11.8 Å². The fourth-order valence-electron chi connectivity index (χ4n) is 2.33. The molecule has 1 aromatic heterocycles. The number of carbonyl (C=O) groups excluding carboxylic acids is 1. The number of thiazole rings is 1. The lowest BCUT2D eigenvalue weighted by atomic mass is 10.2. The first-order chi connectivity index (χ1) is 12.2. The Bertz CT molecular complexity index is 879. The van der Waals surface area contributed by atoms with Crippen LogP contribution in [0.4, 0.5) is 0 Å². The first kappa shape index (κ1) is 16.9.